The van der Waals surface area contributed by atoms with Gasteiger partial charge >= 0.3 is 0 Å². The van der Waals surface area contributed by atoms with E-state index in [1.807, 2.05) is 4.90 Å². The van der Waals surface area contributed by atoms with Crippen LogP contribution in [0.4, 0.5) is 0 Å². The summed E-state index contributed by atoms with van der Waals surface area (Å²) in [5, 5.41) is 1.28. The molecule has 4 nitrogen and oxygen atoms in total. The number of aromatic amines is 1. The monoisotopic (exact) mass is 312 g/mol. The quantitative estimate of drug-likeness (QED) is 0.943. The second-order valence-corrected chi connectivity index (χ2v) is 6.81. The highest BCUT2D eigenvalue weighted by Gasteiger charge is 2.27. The van der Waals surface area contributed by atoms with Gasteiger partial charge in [0.2, 0.25) is 5.91 Å². The molecule has 1 aromatic heterocycles. The molecule has 1 amide bonds. The van der Waals surface area contributed by atoms with Crippen molar-refractivity contribution in [3.05, 3.63) is 36.0 Å². The van der Waals surface area contributed by atoms with E-state index in [1.54, 1.807) is 0 Å². The maximum absolute atomic E-state index is 12.4. The van der Waals surface area contributed by atoms with Crippen LogP contribution in [0.25, 0.3) is 10.9 Å². The van der Waals surface area contributed by atoms with Gasteiger partial charge in [-0.05, 0) is 43.2 Å². The Balaban J connectivity index is 1.35. The summed E-state index contributed by atoms with van der Waals surface area (Å²) < 4.78 is 5.59. The molecule has 4 rings (SSSR count). The number of benzene rings is 1. The fourth-order valence-electron chi connectivity index (χ4n) is 3.88. The Morgan fingerprint density at radius 1 is 1.22 bits per heavy atom. The lowest BCUT2D eigenvalue weighted by molar-refractivity contribution is -0.134. The number of nitrogens with one attached hydrogen (secondary N) is 1. The number of carbonyl (C=O) groups is 1. The summed E-state index contributed by atoms with van der Waals surface area (Å²) in [5.74, 6) is 0.807. The van der Waals surface area contributed by atoms with Crippen LogP contribution in [0.1, 0.15) is 43.7 Å². The first-order valence-corrected chi connectivity index (χ1v) is 8.76. The second kappa shape index (κ2) is 6.36. The molecule has 2 aliphatic rings. The zero-order valence-corrected chi connectivity index (χ0v) is 13.5. The van der Waals surface area contributed by atoms with Crippen molar-refractivity contribution in [1.82, 2.24) is 9.88 Å². The molecule has 2 saturated heterocycles. The molecule has 2 aromatic rings. The van der Waals surface area contributed by atoms with Crippen LogP contribution < -0.4 is 0 Å². The fourth-order valence-corrected chi connectivity index (χ4v) is 3.88. The molecule has 1 aromatic carbocycles. The van der Waals surface area contributed by atoms with Gasteiger partial charge in [-0.2, -0.15) is 0 Å². The third-order valence-electron chi connectivity index (χ3n) is 5.26. The van der Waals surface area contributed by atoms with Crippen molar-refractivity contribution in [2.75, 3.05) is 19.7 Å². The number of likely N-dealkylation sites (tertiary alicyclic amines) is 1. The van der Waals surface area contributed by atoms with Crippen molar-refractivity contribution in [2.24, 2.45) is 0 Å². The van der Waals surface area contributed by atoms with E-state index in [-0.39, 0.29) is 12.0 Å². The minimum absolute atomic E-state index is 0.161. The molecule has 0 unspecified atom stereocenters. The predicted octanol–water partition coefficient (Wildman–Crippen LogP) is 3.44. The molecule has 2 aliphatic heterocycles. The molecule has 0 bridgehead atoms. The first kappa shape index (κ1) is 14.8. The number of hydrogen-bond donors (Lipinski definition) is 1. The highest BCUT2D eigenvalue weighted by molar-refractivity contribution is 5.80. The summed E-state index contributed by atoms with van der Waals surface area (Å²) >= 11 is 0. The summed E-state index contributed by atoms with van der Waals surface area (Å²) in [6.45, 7) is 2.55. The Labute approximate surface area is 136 Å². The number of piperidine rings is 1. The Morgan fingerprint density at radius 3 is 2.78 bits per heavy atom. The van der Waals surface area contributed by atoms with Crippen LogP contribution in [0.5, 0.6) is 0 Å². The Hall–Kier alpha value is -1.81. The number of amides is 1. The maximum atomic E-state index is 12.4. The summed E-state index contributed by atoms with van der Waals surface area (Å²) in [6.07, 6.45) is 4.96. The SMILES string of the molecule is O=C(C[C@H]1CCCO1)N1CCC(c2cc3ccccc3[nH]2)CC1. The van der Waals surface area contributed by atoms with Crippen molar-refractivity contribution in [1.29, 1.82) is 0 Å². The summed E-state index contributed by atoms with van der Waals surface area (Å²) in [7, 11) is 0. The number of ether oxygens (including phenoxy) is 1. The number of para-hydroxylation sites is 1. The number of hydrogen-bond acceptors (Lipinski definition) is 2. The molecule has 1 atom stereocenters. The van der Waals surface area contributed by atoms with Gasteiger partial charge < -0.3 is 14.6 Å². The minimum atomic E-state index is 0.161. The van der Waals surface area contributed by atoms with Gasteiger partial charge in [-0.25, -0.2) is 0 Å². The molecule has 0 aliphatic carbocycles. The summed E-state index contributed by atoms with van der Waals surface area (Å²) in [6, 6.07) is 10.7. The van der Waals surface area contributed by atoms with Crippen molar-refractivity contribution < 1.29 is 9.53 Å². The lowest BCUT2D eigenvalue weighted by atomic mass is 9.93. The number of fused-ring (bicyclic) bond motifs is 1. The van der Waals surface area contributed by atoms with Gasteiger partial charge in [0.15, 0.2) is 0 Å². The zero-order valence-electron chi connectivity index (χ0n) is 13.5. The van der Waals surface area contributed by atoms with E-state index in [2.05, 4.69) is 35.3 Å². The molecule has 122 valence electrons. The van der Waals surface area contributed by atoms with Gasteiger partial charge in [-0.15, -0.1) is 0 Å². The number of rotatable bonds is 3. The number of H-pyrrole nitrogens is 1. The van der Waals surface area contributed by atoms with E-state index in [0.29, 0.717) is 12.3 Å². The molecule has 23 heavy (non-hydrogen) atoms. The van der Waals surface area contributed by atoms with Crippen LogP contribution in [0.2, 0.25) is 0 Å². The first-order chi connectivity index (χ1) is 11.3. The van der Waals surface area contributed by atoms with Crippen molar-refractivity contribution in [2.45, 2.75) is 44.1 Å². The van der Waals surface area contributed by atoms with E-state index >= 15 is 0 Å². The van der Waals surface area contributed by atoms with E-state index < -0.39 is 0 Å². The molecule has 2 fully saturated rings. The van der Waals surface area contributed by atoms with Gasteiger partial charge in [-0.1, -0.05) is 18.2 Å². The molecule has 4 heteroatoms. The Kier molecular flexibility index (Phi) is 4.08. The Bertz CT molecular complexity index is 646. The minimum Gasteiger partial charge on any atom is -0.378 e. The van der Waals surface area contributed by atoms with E-state index in [4.69, 9.17) is 4.74 Å². The third kappa shape index (κ3) is 3.13. The summed E-state index contributed by atoms with van der Waals surface area (Å²) in [5.41, 5.74) is 2.52. The average molecular weight is 312 g/mol. The van der Waals surface area contributed by atoms with Crippen LogP contribution in [-0.4, -0.2) is 41.6 Å². The smallest absolute Gasteiger partial charge is 0.225 e. The van der Waals surface area contributed by atoms with E-state index in [1.165, 1.54) is 16.6 Å². The van der Waals surface area contributed by atoms with Crippen LogP contribution in [0.3, 0.4) is 0 Å². The highest BCUT2D eigenvalue weighted by Crippen LogP contribution is 2.30. The van der Waals surface area contributed by atoms with Gasteiger partial charge in [-0.3, -0.25) is 4.79 Å². The van der Waals surface area contributed by atoms with Gasteiger partial charge in [0.1, 0.15) is 0 Å². The largest absolute Gasteiger partial charge is 0.378 e. The standard InChI is InChI=1S/C19H24N2O2/c22-19(13-16-5-3-11-23-16)21-9-7-14(8-10-21)18-12-15-4-1-2-6-17(15)20-18/h1-2,4,6,12,14,16,20H,3,5,7-11,13H2/t16-/m1/s1. The molecule has 0 spiro atoms. The number of carbonyl (C=O) groups excluding carboxylic acids is 1. The topological polar surface area (TPSA) is 45.3 Å². The number of nitrogens with zero attached hydrogens (tertiary/aromatic N) is 1. The molecular formula is C19H24N2O2. The highest BCUT2D eigenvalue weighted by atomic mass is 16.5. The van der Waals surface area contributed by atoms with Gasteiger partial charge in [0, 0.05) is 36.8 Å². The third-order valence-corrected chi connectivity index (χ3v) is 5.26. The first-order valence-electron chi connectivity index (χ1n) is 8.76. The molecule has 0 radical (unpaired) electrons. The molecule has 0 saturated carbocycles. The lowest BCUT2D eigenvalue weighted by Crippen LogP contribution is -2.39. The predicted molar refractivity (Wildman–Crippen MR) is 90.4 cm³/mol. The van der Waals surface area contributed by atoms with Crippen LogP contribution >= 0.6 is 0 Å². The Morgan fingerprint density at radius 2 is 2.04 bits per heavy atom. The average Bonchev–Trinajstić information content (AvgIpc) is 3.24. The lowest BCUT2D eigenvalue weighted by Gasteiger charge is -2.32. The summed E-state index contributed by atoms with van der Waals surface area (Å²) in [4.78, 5) is 17.9. The fraction of sp³-hybridized carbons (Fsp3) is 0.526. The molecule has 1 N–H and O–H groups in total. The number of aromatic nitrogens is 1. The second-order valence-electron chi connectivity index (χ2n) is 6.81. The van der Waals surface area contributed by atoms with Crippen LogP contribution in [-0.2, 0) is 9.53 Å². The van der Waals surface area contributed by atoms with Crippen molar-refractivity contribution >= 4 is 16.8 Å². The van der Waals surface area contributed by atoms with E-state index in [9.17, 15) is 4.79 Å². The van der Waals surface area contributed by atoms with Gasteiger partial charge in [0.25, 0.3) is 0 Å². The van der Waals surface area contributed by atoms with Crippen molar-refractivity contribution in [3.8, 4) is 0 Å². The zero-order chi connectivity index (χ0) is 15.6. The van der Waals surface area contributed by atoms with Crippen LogP contribution in [0, 0.1) is 0 Å². The molecular weight excluding hydrogens is 288 g/mol. The normalized spacial score (nSPS) is 22.8. The van der Waals surface area contributed by atoms with E-state index in [0.717, 1.165) is 45.4 Å². The van der Waals surface area contributed by atoms with Crippen LogP contribution in [0.15, 0.2) is 30.3 Å². The van der Waals surface area contributed by atoms with Crippen molar-refractivity contribution in [3.63, 3.8) is 0 Å². The maximum Gasteiger partial charge on any atom is 0.225 e. The van der Waals surface area contributed by atoms with Gasteiger partial charge in [0.05, 0.1) is 12.5 Å². The molecule has 3 heterocycles.